The molecule has 3 nitrogen and oxygen atoms in total. The van der Waals surface area contributed by atoms with Crippen molar-refractivity contribution in [3.63, 3.8) is 0 Å². The summed E-state index contributed by atoms with van der Waals surface area (Å²) >= 11 is 5.19. The van der Waals surface area contributed by atoms with Gasteiger partial charge in [0.05, 0.1) is 0 Å². The predicted octanol–water partition coefficient (Wildman–Crippen LogP) is 3.24. The van der Waals surface area contributed by atoms with E-state index in [0.29, 0.717) is 0 Å². The van der Waals surface area contributed by atoms with Gasteiger partial charge in [0.2, 0.25) is 0 Å². The molecule has 0 aromatic carbocycles. The fourth-order valence-electron chi connectivity index (χ4n) is 1.69. The molecule has 18 heavy (non-hydrogen) atoms. The van der Waals surface area contributed by atoms with Crippen molar-refractivity contribution < 1.29 is 4.74 Å². The minimum absolute atomic E-state index is 0.778. The second kappa shape index (κ2) is 14.7. The summed E-state index contributed by atoms with van der Waals surface area (Å²) in [4.78, 5) is 0. The van der Waals surface area contributed by atoms with Crippen LogP contribution in [-0.4, -0.2) is 31.4 Å². The van der Waals surface area contributed by atoms with Gasteiger partial charge in [-0.05, 0) is 32.0 Å². The Balaban J connectivity index is 3.12. The van der Waals surface area contributed by atoms with Gasteiger partial charge in [0, 0.05) is 26.3 Å². The Hall–Kier alpha value is -0.350. The maximum absolute atomic E-state index is 5.26. The van der Waals surface area contributed by atoms with Crippen molar-refractivity contribution in [2.45, 2.75) is 58.8 Å². The molecule has 2 N–H and O–H groups in total. The topological polar surface area (TPSA) is 33.3 Å². The molecule has 0 heterocycles. The zero-order valence-electron chi connectivity index (χ0n) is 12.1. The van der Waals surface area contributed by atoms with E-state index in [2.05, 4.69) is 17.6 Å². The first-order valence-electron chi connectivity index (χ1n) is 7.40. The van der Waals surface area contributed by atoms with Crippen LogP contribution in [0.5, 0.6) is 0 Å². The van der Waals surface area contributed by atoms with Crippen LogP contribution in [0.15, 0.2) is 0 Å². The quantitative estimate of drug-likeness (QED) is 0.423. The normalized spacial score (nSPS) is 10.3. The molecule has 0 aromatic rings. The van der Waals surface area contributed by atoms with E-state index in [1.54, 1.807) is 0 Å². The lowest BCUT2D eigenvalue weighted by atomic mass is 10.1. The lowest BCUT2D eigenvalue weighted by Crippen LogP contribution is -2.36. The number of unbranched alkanes of at least 4 members (excludes halogenated alkanes) is 5. The zero-order valence-corrected chi connectivity index (χ0v) is 12.9. The molecule has 0 bridgehead atoms. The van der Waals surface area contributed by atoms with E-state index in [-0.39, 0.29) is 0 Å². The number of rotatable bonds is 12. The smallest absolute Gasteiger partial charge is 0.166 e. The summed E-state index contributed by atoms with van der Waals surface area (Å²) in [5, 5.41) is 7.21. The molecule has 0 rings (SSSR count). The highest BCUT2D eigenvalue weighted by Gasteiger charge is 1.95. The van der Waals surface area contributed by atoms with E-state index in [0.717, 1.165) is 37.8 Å². The van der Waals surface area contributed by atoms with Crippen molar-refractivity contribution in [2.75, 3.05) is 26.3 Å². The summed E-state index contributed by atoms with van der Waals surface area (Å²) in [6.45, 7) is 7.74. The van der Waals surface area contributed by atoms with Gasteiger partial charge in [0.1, 0.15) is 0 Å². The Bertz CT molecular complexity index is 189. The fourth-order valence-corrected chi connectivity index (χ4v) is 1.89. The fraction of sp³-hybridized carbons (Fsp3) is 0.929. The molecule has 108 valence electrons. The number of hydrogen-bond acceptors (Lipinski definition) is 2. The molecule has 4 heteroatoms. The van der Waals surface area contributed by atoms with E-state index in [1.807, 2.05) is 6.92 Å². The summed E-state index contributed by atoms with van der Waals surface area (Å²) in [5.74, 6) is 0. The predicted molar refractivity (Wildman–Crippen MR) is 83.1 cm³/mol. The third kappa shape index (κ3) is 13.7. The highest BCUT2D eigenvalue weighted by Crippen LogP contribution is 2.03. The molecule has 0 spiro atoms. The lowest BCUT2D eigenvalue weighted by molar-refractivity contribution is 0.145. The van der Waals surface area contributed by atoms with Crippen LogP contribution >= 0.6 is 12.2 Å². The Kier molecular flexibility index (Phi) is 14.4. The van der Waals surface area contributed by atoms with Gasteiger partial charge in [-0.3, -0.25) is 0 Å². The molecular formula is C14H30N2OS. The van der Waals surface area contributed by atoms with Crippen molar-refractivity contribution in [1.29, 1.82) is 0 Å². The Morgan fingerprint density at radius 3 is 2.17 bits per heavy atom. The van der Waals surface area contributed by atoms with Crippen LogP contribution in [0.2, 0.25) is 0 Å². The molecule has 0 radical (unpaired) electrons. The van der Waals surface area contributed by atoms with E-state index in [1.165, 1.54) is 38.5 Å². The van der Waals surface area contributed by atoms with E-state index >= 15 is 0 Å². The molecular weight excluding hydrogens is 244 g/mol. The van der Waals surface area contributed by atoms with Gasteiger partial charge in [0.25, 0.3) is 0 Å². The van der Waals surface area contributed by atoms with Gasteiger partial charge < -0.3 is 15.4 Å². The summed E-state index contributed by atoms with van der Waals surface area (Å²) in [6, 6.07) is 0. The van der Waals surface area contributed by atoms with E-state index in [9.17, 15) is 0 Å². The third-order valence-corrected chi connectivity index (χ3v) is 3.06. The van der Waals surface area contributed by atoms with Crippen molar-refractivity contribution in [3.05, 3.63) is 0 Å². The monoisotopic (exact) mass is 274 g/mol. The maximum atomic E-state index is 5.26. The lowest BCUT2D eigenvalue weighted by Gasteiger charge is -2.10. The average Bonchev–Trinajstić information content (AvgIpc) is 2.37. The van der Waals surface area contributed by atoms with Gasteiger partial charge in [-0.1, -0.05) is 39.0 Å². The maximum Gasteiger partial charge on any atom is 0.166 e. The Labute approximate surface area is 118 Å². The summed E-state index contributed by atoms with van der Waals surface area (Å²) in [7, 11) is 0. The largest absolute Gasteiger partial charge is 0.382 e. The molecule has 0 atom stereocenters. The summed E-state index contributed by atoms with van der Waals surface area (Å²) in [5.41, 5.74) is 0. The molecule has 0 aliphatic heterocycles. The van der Waals surface area contributed by atoms with Crippen molar-refractivity contribution in [1.82, 2.24) is 10.6 Å². The average molecular weight is 274 g/mol. The first-order valence-corrected chi connectivity index (χ1v) is 7.81. The van der Waals surface area contributed by atoms with Crippen molar-refractivity contribution in [2.24, 2.45) is 0 Å². The van der Waals surface area contributed by atoms with Gasteiger partial charge in [0.15, 0.2) is 5.11 Å². The Morgan fingerprint density at radius 1 is 0.889 bits per heavy atom. The van der Waals surface area contributed by atoms with Crippen molar-refractivity contribution in [3.8, 4) is 0 Å². The molecule has 0 unspecified atom stereocenters. The van der Waals surface area contributed by atoms with Crippen LogP contribution in [0, 0.1) is 0 Å². The highest BCUT2D eigenvalue weighted by atomic mass is 32.1. The van der Waals surface area contributed by atoms with Crippen LogP contribution in [-0.2, 0) is 4.74 Å². The van der Waals surface area contributed by atoms with Crippen LogP contribution in [0.25, 0.3) is 0 Å². The number of ether oxygens (including phenoxy) is 1. The Morgan fingerprint density at radius 2 is 1.50 bits per heavy atom. The molecule has 0 saturated heterocycles. The SMILES string of the molecule is CCCCCCCCNC(=S)NCCCOCC. The number of hydrogen-bond donors (Lipinski definition) is 2. The molecule has 0 aliphatic rings. The van der Waals surface area contributed by atoms with Crippen molar-refractivity contribution >= 4 is 17.3 Å². The second-order valence-corrected chi connectivity index (χ2v) is 4.91. The second-order valence-electron chi connectivity index (χ2n) is 4.50. The molecule has 0 amide bonds. The van der Waals surface area contributed by atoms with Gasteiger partial charge in [-0.2, -0.15) is 0 Å². The van der Waals surface area contributed by atoms with Crippen LogP contribution in [0.4, 0.5) is 0 Å². The molecule has 0 aliphatic carbocycles. The minimum atomic E-state index is 0.778. The van der Waals surface area contributed by atoms with E-state index < -0.39 is 0 Å². The van der Waals surface area contributed by atoms with Crippen LogP contribution in [0.1, 0.15) is 58.8 Å². The number of nitrogens with one attached hydrogen (secondary N) is 2. The number of thiocarbonyl (C=S) groups is 1. The van der Waals surface area contributed by atoms with E-state index in [4.69, 9.17) is 17.0 Å². The van der Waals surface area contributed by atoms with Crippen LogP contribution in [0.3, 0.4) is 0 Å². The first kappa shape index (κ1) is 17.6. The van der Waals surface area contributed by atoms with Gasteiger partial charge in [-0.15, -0.1) is 0 Å². The molecule has 0 fully saturated rings. The van der Waals surface area contributed by atoms with Crippen LogP contribution < -0.4 is 10.6 Å². The summed E-state index contributed by atoms with van der Waals surface area (Å²) in [6.07, 6.45) is 8.93. The van der Waals surface area contributed by atoms with Gasteiger partial charge >= 0.3 is 0 Å². The molecule has 0 aromatic heterocycles. The highest BCUT2D eigenvalue weighted by molar-refractivity contribution is 7.80. The minimum Gasteiger partial charge on any atom is -0.382 e. The first-order chi connectivity index (χ1) is 8.81. The molecule has 0 saturated carbocycles. The van der Waals surface area contributed by atoms with Gasteiger partial charge in [-0.25, -0.2) is 0 Å². The zero-order chi connectivity index (χ0) is 13.5. The standard InChI is InChI=1S/C14H30N2OS/c1-3-5-6-7-8-9-11-15-14(18)16-12-10-13-17-4-2/h3-13H2,1-2H3,(H2,15,16,18). The third-order valence-electron chi connectivity index (χ3n) is 2.77. The summed E-state index contributed by atoms with van der Waals surface area (Å²) < 4.78 is 5.26.